The van der Waals surface area contributed by atoms with Gasteiger partial charge in [-0.3, -0.25) is 4.68 Å². The average Bonchev–Trinajstić information content (AvgIpc) is 2.97. The van der Waals surface area contributed by atoms with Crippen molar-refractivity contribution < 1.29 is 8.42 Å². The van der Waals surface area contributed by atoms with Gasteiger partial charge in [0.05, 0.1) is 10.6 Å². The van der Waals surface area contributed by atoms with Crippen LogP contribution in [-0.4, -0.2) is 18.2 Å². The molecule has 2 aromatic carbocycles. The van der Waals surface area contributed by atoms with Crippen molar-refractivity contribution in [3.05, 3.63) is 83.2 Å². The minimum atomic E-state index is -3.61. The summed E-state index contributed by atoms with van der Waals surface area (Å²) in [5.41, 5.74) is 4.00. The summed E-state index contributed by atoms with van der Waals surface area (Å²) in [7, 11) is -3.61. The summed E-state index contributed by atoms with van der Waals surface area (Å²) in [6.07, 6.45) is 0.608. The van der Waals surface area contributed by atoms with E-state index in [1.165, 1.54) is 0 Å². The molecule has 0 radical (unpaired) electrons. The number of hydrogen-bond acceptors (Lipinski definition) is 3. The lowest BCUT2D eigenvalue weighted by atomic mass is 10.1. The summed E-state index contributed by atoms with van der Waals surface area (Å²) in [6.45, 7) is 6.53. The second kappa shape index (κ2) is 8.06. The van der Waals surface area contributed by atoms with Gasteiger partial charge in [0, 0.05) is 18.3 Å². The van der Waals surface area contributed by atoms with Gasteiger partial charge in [-0.05, 0) is 51.0 Å². The zero-order chi connectivity index (χ0) is 19.4. The van der Waals surface area contributed by atoms with Crippen LogP contribution in [0.3, 0.4) is 0 Å². The van der Waals surface area contributed by atoms with Crippen molar-refractivity contribution in [3.8, 4) is 0 Å². The highest BCUT2D eigenvalue weighted by atomic mass is 32.2. The van der Waals surface area contributed by atoms with E-state index in [-0.39, 0.29) is 10.9 Å². The van der Waals surface area contributed by atoms with Crippen LogP contribution in [-0.2, 0) is 16.6 Å². The van der Waals surface area contributed by atoms with Crippen molar-refractivity contribution in [2.24, 2.45) is 0 Å². The van der Waals surface area contributed by atoms with Crippen molar-refractivity contribution in [2.75, 3.05) is 0 Å². The van der Waals surface area contributed by atoms with Crippen LogP contribution in [0.5, 0.6) is 0 Å². The molecular weight excluding hydrogens is 358 g/mol. The minimum absolute atomic E-state index is 0.278. The lowest BCUT2D eigenvalue weighted by molar-refractivity contribution is 0.479. The highest BCUT2D eigenvalue weighted by molar-refractivity contribution is 7.89. The molecule has 0 bridgehead atoms. The van der Waals surface area contributed by atoms with E-state index in [9.17, 15) is 8.42 Å². The van der Waals surface area contributed by atoms with E-state index in [0.29, 0.717) is 13.0 Å². The third-order valence-corrected chi connectivity index (χ3v) is 6.05. The molecule has 0 spiro atoms. The summed E-state index contributed by atoms with van der Waals surface area (Å²) in [4.78, 5) is 0.278. The molecule has 0 saturated heterocycles. The molecule has 3 rings (SSSR count). The molecule has 0 aliphatic rings. The zero-order valence-electron chi connectivity index (χ0n) is 15.9. The average molecular weight is 384 g/mol. The maximum atomic E-state index is 12.9. The second-order valence-electron chi connectivity index (χ2n) is 6.84. The van der Waals surface area contributed by atoms with Crippen molar-refractivity contribution in [1.29, 1.82) is 0 Å². The molecule has 1 aromatic heterocycles. The molecule has 6 heteroatoms. The van der Waals surface area contributed by atoms with Crippen LogP contribution in [0, 0.1) is 20.8 Å². The highest BCUT2D eigenvalue weighted by Crippen LogP contribution is 2.22. The van der Waals surface area contributed by atoms with Crippen molar-refractivity contribution in [3.63, 3.8) is 0 Å². The van der Waals surface area contributed by atoms with Gasteiger partial charge in [-0.15, -0.1) is 0 Å². The molecule has 1 unspecified atom stereocenters. The van der Waals surface area contributed by atoms with E-state index in [1.54, 1.807) is 12.1 Å². The molecule has 0 amide bonds. The smallest absolute Gasteiger partial charge is 0.241 e. The predicted molar refractivity (Wildman–Crippen MR) is 107 cm³/mol. The molecule has 1 atom stereocenters. The van der Waals surface area contributed by atoms with Crippen LogP contribution < -0.4 is 4.72 Å². The van der Waals surface area contributed by atoms with Gasteiger partial charge in [0.25, 0.3) is 0 Å². The van der Waals surface area contributed by atoms with E-state index in [1.807, 2.05) is 74.0 Å². The lowest BCUT2D eigenvalue weighted by Gasteiger charge is -2.20. The summed E-state index contributed by atoms with van der Waals surface area (Å²) < 4.78 is 30.5. The van der Waals surface area contributed by atoms with Gasteiger partial charge in [-0.1, -0.05) is 48.0 Å². The highest BCUT2D eigenvalue weighted by Gasteiger charge is 2.21. The number of hydrogen-bond donors (Lipinski definition) is 1. The van der Waals surface area contributed by atoms with Gasteiger partial charge in [0.15, 0.2) is 0 Å². The van der Waals surface area contributed by atoms with Gasteiger partial charge in [0.2, 0.25) is 10.0 Å². The summed E-state index contributed by atoms with van der Waals surface area (Å²) in [5, 5.41) is 4.48. The van der Waals surface area contributed by atoms with Crippen LogP contribution in [0.2, 0.25) is 0 Å². The fourth-order valence-corrected chi connectivity index (χ4v) is 4.36. The van der Waals surface area contributed by atoms with Crippen LogP contribution >= 0.6 is 0 Å². The van der Waals surface area contributed by atoms with Crippen molar-refractivity contribution in [2.45, 2.75) is 44.7 Å². The topological polar surface area (TPSA) is 64.0 Å². The molecule has 5 nitrogen and oxygen atoms in total. The van der Waals surface area contributed by atoms with Crippen LogP contribution in [0.4, 0.5) is 0 Å². The maximum absolute atomic E-state index is 12.9. The predicted octanol–water partition coefficient (Wildman–Crippen LogP) is 3.92. The molecule has 1 N–H and O–H groups in total. The van der Waals surface area contributed by atoms with Crippen LogP contribution in [0.1, 0.15) is 35.0 Å². The standard InChI is InChI=1S/C21H25N3O2S/c1-16-9-11-20(12-10-16)27(25,26)23-21(19-7-5-4-6-8-19)13-14-24-18(3)15-17(2)22-24/h4-12,15,21,23H,13-14H2,1-3H3. The second-order valence-corrected chi connectivity index (χ2v) is 8.55. The molecular formula is C21H25N3O2S. The third kappa shape index (κ3) is 4.84. The van der Waals surface area contributed by atoms with Crippen molar-refractivity contribution in [1.82, 2.24) is 14.5 Å². The quantitative estimate of drug-likeness (QED) is 0.673. The molecule has 27 heavy (non-hydrogen) atoms. The van der Waals surface area contributed by atoms with Gasteiger partial charge in [-0.25, -0.2) is 13.1 Å². The van der Waals surface area contributed by atoms with Crippen molar-refractivity contribution >= 4 is 10.0 Å². The molecule has 142 valence electrons. The normalized spacial score (nSPS) is 12.9. The molecule has 0 aliphatic carbocycles. The first-order chi connectivity index (χ1) is 12.8. The van der Waals surface area contributed by atoms with E-state index in [0.717, 1.165) is 22.5 Å². The molecule has 0 aliphatic heterocycles. The Morgan fingerprint density at radius 1 is 1.00 bits per heavy atom. The summed E-state index contributed by atoms with van der Waals surface area (Å²) in [5.74, 6) is 0. The number of sulfonamides is 1. The maximum Gasteiger partial charge on any atom is 0.241 e. The van der Waals surface area contributed by atoms with Gasteiger partial charge >= 0.3 is 0 Å². The zero-order valence-corrected chi connectivity index (χ0v) is 16.7. The van der Waals surface area contributed by atoms with E-state index >= 15 is 0 Å². The van der Waals surface area contributed by atoms with Crippen LogP contribution in [0.15, 0.2) is 65.6 Å². The Labute approximate surface area is 161 Å². The first-order valence-corrected chi connectivity index (χ1v) is 10.5. The van der Waals surface area contributed by atoms with E-state index < -0.39 is 10.0 Å². The third-order valence-electron chi connectivity index (χ3n) is 4.56. The summed E-state index contributed by atoms with van der Waals surface area (Å²) >= 11 is 0. The number of aromatic nitrogens is 2. The fraction of sp³-hybridized carbons (Fsp3) is 0.286. The fourth-order valence-electron chi connectivity index (χ4n) is 3.10. The number of nitrogens with zero attached hydrogens (tertiary/aromatic N) is 2. The number of benzene rings is 2. The largest absolute Gasteiger partial charge is 0.270 e. The Balaban J connectivity index is 1.84. The Morgan fingerprint density at radius 2 is 1.67 bits per heavy atom. The SMILES string of the molecule is Cc1ccc(S(=O)(=O)NC(CCn2nc(C)cc2C)c2ccccc2)cc1. The molecule has 3 aromatic rings. The minimum Gasteiger partial charge on any atom is -0.270 e. The first kappa shape index (κ1) is 19.3. The van der Waals surface area contributed by atoms with E-state index in [2.05, 4.69) is 9.82 Å². The Morgan fingerprint density at radius 3 is 2.26 bits per heavy atom. The van der Waals surface area contributed by atoms with Gasteiger partial charge in [-0.2, -0.15) is 5.10 Å². The molecule has 0 fully saturated rings. The van der Waals surface area contributed by atoms with E-state index in [4.69, 9.17) is 0 Å². The molecule has 0 saturated carbocycles. The Hall–Kier alpha value is -2.44. The Kier molecular flexibility index (Phi) is 5.77. The lowest BCUT2D eigenvalue weighted by Crippen LogP contribution is -2.29. The number of rotatable bonds is 7. The van der Waals surface area contributed by atoms with Gasteiger partial charge in [0.1, 0.15) is 0 Å². The van der Waals surface area contributed by atoms with Gasteiger partial charge < -0.3 is 0 Å². The Bertz CT molecular complexity index is 994. The monoisotopic (exact) mass is 383 g/mol. The first-order valence-electron chi connectivity index (χ1n) is 9.00. The number of nitrogens with one attached hydrogen (secondary N) is 1. The summed E-state index contributed by atoms with van der Waals surface area (Å²) in [6, 6.07) is 18.3. The number of aryl methyl sites for hydroxylation is 4. The van der Waals surface area contributed by atoms with Crippen LogP contribution in [0.25, 0.3) is 0 Å². The molecule has 1 heterocycles.